The van der Waals surface area contributed by atoms with Crippen molar-refractivity contribution in [1.82, 2.24) is 14.5 Å². The standard InChI is InChI=1S/C16H27N3O3S/c1-14-12-18(10-11-19(14)13-15(2)20)9-8-17-23(21,22)16-6-4-3-5-7-16/h3-7,14-15,17,20H,8-13H2,1-2H3/t14-,15+/m0/s1. The molecule has 0 saturated carbocycles. The number of nitrogens with one attached hydrogen (secondary N) is 1. The smallest absolute Gasteiger partial charge is 0.240 e. The van der Waals surface area contributed by atoms with Crippen LogP contribution in [0.25, 0.3) is 0 Å². The molecule has 2 N–H and O–H groups in total. The van der Waals surface area contributed by atoms with Crippen LogP contribution in [0, 0.1) is 0 Å². The third kappa shape index (κ3) is 5.54. The Morgan fingerprint density at radius 3 is 2.61 bits per heavy atom. The summed E-state index contributed by atoms with van der Waals surface area (Å²) in [5.74, 6) is 0. The lowest BCUT2D eigenvalue weighted by molar-refractivity contribution is 0.0460. The van der Waals surface area contributed by atoms with Crippen molar-refractivity contribution in [3.05, 3.63) is 30.3 Å². The average Bonchev–Trinajstić information content (AvgIpc) is 2.50. The Balaban J connectivity index is 1.77. The van der Waals surface area contributed by atoms with E-state index in [2.05, 4.69) is 21.4 Å². The van der Waals surface area contributed by atoms with Crippen LogP contribution in [0.1, 0.15) is 13.8 Å². The molecule has 0 aromatic heterocycles. The SMILES string of the molecule is C[C@@H](O)CN1CCN(CCNS(=O)(=O)c2ccccc2)C[C@@H]1C. The number of β-amino-alcohol motifs (C(OH)–C–C–N with tert-alkyl or cyclic N) is 1. The van der Waals surface area contributed by atoms with Gasteiger partial charge in [-0.15, -0.1) is 0 Å². The molecule has 2 rings (SSSR count). The normalized spacial score (nSPS) is 22.1. The van der Waals surface area contributed by atoms with Gasteiger partial charge in [0.15, 0.2) is 0 Å². The van der Waals surface area contributed by atoms with Gasteiger partial charge in [0.2, 0.25) is 10.0 Å². The van der Waals surface area contributed by atoms with E-state index in [1.165, 1.54) is 0 Å². The zero-order valence-corrected chi connectivity index (χ0v) is 14.7. The molecule has 0 aliphatic carbocycles. The molecule has 130 valence electrons. The summed E-state index contributed by atoms with van der Waals surface area (Å²) < 4.78 is 26.9. The first-order valence-corrected chi connectivity index (χ1v) is 9.56. The van der Waals surface area contributed by atoms with Gasteiger partial charge in [-0.1, -0.05) is 18.2 Å². The van der Waals surface area contributed by atoms with Gasteiger partial charge in [-0.05, 0) is 26.0 Å². The van der Waals surface area contributed by atoms with Gasteiger partial charge in [-0.25, -0.2) is 13.1 Å². The highest BCUT2D eigenvalue weighted by Crippen LogP contribution is 2.10. The number of sulfonamides is 1. The van der Waals surface area contributed by atoms with Crippen molar-refractivity contribution in [1.29, 1.82) is 0 Å². The predicted molar refractivity (Wildman–Crippen MR) is 90.8 cm³/mol. The van der Waals surface area contributed by atoms with Crippen molar-refractivity contribution in [2.45, 2.75) is 30.9 Å². The highest BCUT2D eigenvalue weighted by Gasteiger charge is 2.24. The number of aliphatic hydroxyl groups excluding tert-OH is 1. The minimum atomic E-state index is -3.42. The summed E-state index contributed by atoms with van der Waals surface area (Å²) >= 11 is 0. The van der Waals surface area contributed by atoms with Crippen LogP contribution >= 0.6 is 0 Å². The van der Waals surface area contributed by atoms with Crippen molar-refractivity contribution in [3.63, 3.8) is 0 Å². The third-order valence-electron chi connectivity index (χ3n) is 4.12. The Morgan fingerprint density at radius 1 is 1.30 bits per heavy atom. The van der Waals surface area contributed by atoms with Gasteiger partial charge in [0.25, 0.3) is 0 Å². The van der Waals surface area contributed by atoms with Crippen LogP contribution in [0.3, 0.4) is 0 Å². The molecule has 2 atom stereocenters. The lowest BCUT2D eigenvalue weighted by atomic mass is 10.1. The molecule has 0 amide bonds. The molecule has 1 saturated heterocycles. The Morgan fingerprint density at radius 2 is 2.00 bits per heavy atom. The predicted octanol–water partition coefficient (Wildman–Crippen LogP) is 0.352. The van der Waals surface area contributed by atoms with Gasteiger partial charge in [-0.2, -0.15) is 0 Å². The Bertz CT molecular complexity index is 577. The van der Waals surface area contributed by atoms with Crippen LogP contribution in [0.2, 0.25) is 0 Å². The second-order valence-electron chi connectivity index (χ2n) is 6.20. The summed E-state index contributed by atoms with van der Waals surface area (Å²) in [7, 11) is -3.42. The van der Waals surface area contributed by atoms with Gasteiger partial charge < -0.3 is 5.11 Å². The largest absolute Gasteiger partial charge is 0.392 e. The molecule has 1 fully saturated rings. The van der Waals surface area contributed by atoms with E-state index < -0.39 is 10.0 Å². The van der Waals surface area contributed by atoms with Crippen LogP contribution in [0.15, 0.2) is 35.2 Å². The van der Waals surface area contributed by atoms with Crippen LogP contribution in [0.5, 0.6) is 0 Å². The molecular formula is C16H27N3O3S. The van der Waals surface area contributed by atoms with Crippen LogP contribution < -0.4 is 4.72 Å². The molecule has 7 heteroatoms. The van der Waals surface area contributed by atoms with E-state index in [0.717, 1.165) is 19.6 Å². The minimum absolute atomic E-state index is 0.301. The molecule has 23 heavy (non-hydrogen) atoms. The quantitative estimate of drug-likeness (QED) is 0.749. The fraction of sp³-hybridized carbons (Fsp3) is 0.625. The molecule has 0 spiro atoms. The van der Waals surface area contributed by atoms with Crippen LogP contribution in [0.4, 0.5) is 0 Å². The van der Waals surface area contributed by atoms with Crippen LogP contribution in [-0.2, 0) is 10.0 Å². The Kier molecular flexibility index (Phi) is 6.55. The van der Waals surface area contributed by atoms with Crippen molar-refractivity contribution in [2.75, 3.05) is 39.3 Å². The van der Waals surface area contributed by atoms with E-state index >= 15 is 0 Å². The molecule has 0 radical (unpaired) electrons. The fourth-order valence-electron chi connectivity index (χ4n) is 2.91. The lowest BCUT2D eigenvalue weighted by Crippen LogP contribution is -2.54. The van der Waals surface area contributed by atoms with Gasteiger partial charge in [0, 0.05) is 45.3 Å². The van der Waals surface area contributed by atoms with E-state index in [9.17, 15) is 13.5 Å². The molecule has 0 unspecified atom stereocenters. The first kappa shape index (κ1) is 18.4. The maximum absolute atomic E-state index is 12.1. The number of rotatable bonds is 7. The van der Waals surface area contributed by atoms with Crippen molar-refractivity contribution in [2.24, 2.45) is 0 Å². The zero-order valence-electron chi connectivity index (χ0n) is 13.9. The topological polar surface area (TPSA) is 72.9 Å². The number of aliphatic hydroxyl groups is 1. The van der Waals surface area contributed by atoms with Gasteiger partial charge in [0.05, 0.1) is 11.0 Å². The maximum Gasteiger partial charge on any atom is 0.240 e. The highest BCUT2D eigenvalue weighted by molar-refractivity contribution is 7.89. The number of nitrogens with zero attached hydrogens (tertiary/aromatic N) is 2. The van der Waals surface area contributed by atoms with Gasteiger partial charge >= 0.3 is 0 Å². The second kappa shape index (κ2) is 8.21. The molecule has 1 aliphatic heterocycles. The zero-order chi connectivity index (χ0) is 16.9. The summed E-state index contributed by atoms with van der Waals surface area (Å²) in [5.41, 5.74) is 0. The minimum Gasteiger partial charge on any atom is -0.392 e. The number of hydrogen-bond acceptors (Lipinski definition) is 5. The molecular weight excluding hydrogens is 314 g/mol. The lowest BCUT2D eigenvalue weighted by Gasteiger charge is -2.40. The molecule has 1 heterocycles. The Hall–Kier alpha value is -0.990. The third-order valence-corrected chi connectivity index (χ3v) is 5.60. The Labute approximate surface area is 139 Å². The van der Waals surface area contributed by atoms with E-state index in [4.69, 9.17) is 0 Å². The van der Waals surface area contributed by atoms with E-state index in [0.29, 0.717) is 30.6 Å². The van der Waals surface area contributed by atoms with Gasteiger partial charge in [0.1, 0.15) is 0 Å². The first-order chi connectivity index (χ1) is 10.9. The van der Waals surface area contributed by atoms with Gasteiger partial charge in [-0.3, -0.25) is 9.80 Å². The highest BCUT2D eigenvalue weighted by atomic mass is 32.2. The van der Waals surface area contributed by atoms with Crippen LogP contribution in [-0.4, -0.2) is 74.7 Å². The summed E-state index contributed by atoms with van der Waals surface area (Å²) in [6.07, 6.45) is -0.318. The van der Waals surface area contributed by atoms with E-state index in [1.54, 1.807) is 37.3 Å². The number of hydrogen-bond donors (Lipinski definition) is 2. The van der Waals surface area contributed by atoms with Crippen molar-refractivity contribution >= 4 is 10.0 Å². The molecule has 0 bridgehead atoms. The van der Waals surface area contributed by atoms with E-state index in [-0.39, 0.29) is 6.10 Å². The van der Waals surface area contributed by atoms with Crippen molar-refractivity contribution in [3.8, 4) is 0 Å². The maximum atomic E-state index is 12.1. The molecule has 1 aromatic carbocycles. The number of piperazine rings is 1. The van der Waals surface area contributed by atoms with Crippen molar-refractivity contribution < 1.29 is 13.5 Å². The summed E-state index contributed by atoms with van der Waals surface area (Å²) in [4.78, 5) is 4.83. The summed E-state index contributed by atoms with van der Waals surface area (Å²) in [6, 6.07) is 8.80. The molecule has 1 aliphatic rings. The molecule has 1 aromatic rings. The van der Waals surface area contributed by atoms with E-state index in [1.807, 2.05) is 0 Å². The number of benzene rings is 1. The summed E-state index contributed by atoms with van der Waals surface area (Å²) in [6.45, 7) is 8.41. The molecule has 6 nitrogen and oxygen atoms in total. The fourth-order valence-corrected chi connectivity index (χ4v) is 3.95. The monoisotopic (exact) mass is 341 g/mol. The first-order valence-electron chi connectivity index (χ1n) is 8.07. The summed E-state index contributed by atoms with van der Waals surface area (Å²) in [5, 5.41) is 9.50. The average molecular weight is 341 g/mol. The second-order valence-corrected chi connectivity index (χ2v) is 7.97.